The average molecular weight is 735 g/mol. The van der Waals surface area contributed by atoms with E-state index in [1.807, 2.05) is 30.0 Å². The molecule has 1 aliphatic rings. The van der Waals surface area contributed by atoms with Crippen molar-refractivity contribution in [3.8, 4) is 5.75 Å². The summed E-state index contributed by atoms with van der Waals surface area (Å²) in [6, 6.07) is 5.69. The van der Waals surface area contributed by atoms with Crippen LogP contribution in [0.25, 0.3) is 11.0 Å². The number of carboxylic acids is 1. The largest absolute Gasteiger partial charge is 0.542 e. The van der Waals surface area contributed by atoms with Gasteiger partial charge in [0.25, 0.3) is 11.7 Å². The van der Waals surface area contributed by atoms with Gasteiger partial charge in [-0.25, -0.2) is 19.1 Å². The van der Waals surface area contributed by atoms with Gasteiger partial charge in [-0.3, -0.25) is 9.59 Å². The minimum Gasteiger partial charge on any atom is -0.542 e. The number of carbonyl (C=O) groups excluding carboxylic acids is 3. The van der Waals surface area contributed by atoms with Crippen molar-refractivity contribution in [1.29, 1.82) is 0 Å². The lowest BCUT2D eigenvalue weighted by atomic mass is 10.1. The second-order valence-corrected chi connectivity index (χ2v) is 15.1. The number of benzene rings is 1. The van der Waals surface area contributed by atoms with E-state index in [4.69, 9.17) is 42.4 Å². The third-order valence-electron chi connectivity index (χ3n) is 7.15. The first-order chi connectivity index (χ1) is 22.9. The number of nitrogens with zero attached hydrogens (tertiary/aromatic N) is 5. The van der Waals surface area contributed by atoms with Crippen LogP contribution < -0.4 is 31.2 Å². The number of nitrogen functional groups attached to an aromatic ring is 2. The average Bonchev–Trinajstić information content (AvgIpc) is 3.32. The highest BCUT2D eigenvalue weighted by atomic mass is 35.5. The molecule has 1 aromatic carbocycles. The molecule has 49 heavy (non-hydrogen) atoms. The lowest BCUT2D eigenvalue weighted by molar-refractivity contribution is -0.676. The van der Waals surface area contributed by atoms with E-state index in [1.54, 1.807) is 13.3 Å². The molecule has 0 bridgehead atoms. The smallest absolute Gasteiger partial charge is 0.430 e. The maximum absolute atomic E-state index is 13.0. The zero-order chi connectivity index (χ0) is 36.5. The highest BCUT2D eigenvalue weighted by Crippen LogP contribution is 2.36. The molecular weight excluding hydrogens is 696 g/mol. The van der Waals surface area contributed by atoms with Gasteiger partial charge in [-0.1, -0.05) is 11.6 Å². The van der Waals surface area contributed by atoms with Crippen molar-refractivity contribution in [1.82, 2.24) is 24.8 Å². The lowest BCUT2D eigenvalue weighted by Crippen LogP contribution is -2.41. The summed E-state index contributed by atoms with van der Waals surface area (Å²) in [7, 11) is -2.39. The summed E-state index contributed by atoms with van der Waals surface area (Å²) < 4.78 is 59.7. The van der Waals surface area contributed by atoms with Gasteiger partial charge in [0.15, 0.2) is 33.5 Å². The Labute approximate surface area is 285 Å². The number of likely N-dealkylation sites (tertiary alicyclic amines) is 1. The molecule has 0 spiro atoms. The molecule has 1 aliphatic heterocycles. The van der Waals surface area contributed by atoms with Crippen LogP contribution >= 0.6 is 18.7 Å². The maximum atomic E-state index is 13.0. The Morgan fingerprint density at radius 3 is 2.43 bits per heavy atom. The van der Waals surface area contributed by atoms with Crippen molar-refractivity contribution in [3.63, 3.8) is 0 Å². The normalized spacial score (nSPS) is 13.6. The molecular formula is C29H39ClF3N8O7P. The fourth-order valence-corrected chi connectivity index (χ4v) is 5.45. The van der Waals surface area contributed by atoms with Crippen molar-refractivity contribution >= 4 is 59.2 Å². The van der Waals surface area contributed by atoms with Gasteiger partial charge in [-0.15, -0.1) is 0 Å². The number of nitrogens with two attached hydrogens (primary N) is 2. The number of piperidine rings is 1. The number of hydrogen-bond acceptors (Lipinski definition) is 11. The number of aryl methyl sites for hydroxylation is 1. The predicted octanol–water partition coefficient (Wildman–Crippen LogP) is 1.77. The molecule has 20 heteroatoms. The van der Waals surface area contributed by atoms with Crippen molar-refractivity contribution < 1.29 is 51.3 Å². The Kier molecular flexibility index (Phi) is 13.6. The highest BCUT2D eigenvalue weighted by Gasteiger charge is 2.29. The Balaban J connectivity index is 0.000000838. The number of fused-ring (bicyclic) bond motifs is 1. The topological polar surface area (TPSA) is 212 Å². The summed E-state index contributed by atoms with van der Waals surface area (Å²) in [5, 5.41) is 11.6. The quantitative estimate of drug-likeness (QED) is 0.131. The molecule has 3 heterocycles. The second kappa shape index (κ2) is 17.0. The number of aromatic nitrogens is 4. The standard InChI is InChI=1S/C27H38ClN8O5P.C2HF3O2/c1-4-35-19-9-8-18(41-17-42(2,3)39)15-20(19)36(12-14-40-13-11-34-10-6-5-7-22(34)37)21(35)16-31-27(38)23-25(29)33-26(30)24(28)32-23;3-2(4,5)1(6)7/h8-9,15H,4-7,10-14,16-17H2,1-3H3,(H4-,29,30,31,33,38);(H,6,7). The van der Waals surface area contributed by atoms with Gasteiger partial charge in [0, 0.05) is 25.6 Å². The molecule has 2 amide bonds. The number of carboxylic acid groups (broad SMARTS) is 1. The van der Waals surface area contributed by atoms with E-state index in [-0.39, 0.29) is 41.3 Å². The molecule has 270 valence electrons. The highest BCUT2D eigenvalue weighted by molar-refractivity contribution is 7.62. The number of carbonyl (C=O) groups is 3. The van der Waals surface area contributed by atoms with Crippen LogP contribution in [0.3, 0.4) is 0 Å². The van der Waals surface area contributed by atoms with Crippen LogP contribution in [0.2, 0.25) is 5.15 Å². The number of anilines is 2. The van der Waals surface area contributed by atoms with E-state index in [2.05, 4.69) is 24.4 Å². The van der Waals surface area contributed by atoms with Crippen LogP contribution in [0.15, 0.2) is 18.2 Å². The van der Waals surface area contributed by atoms with Crippen molar-refractivity contribution in [3.05, 3.63) is 34.9 Å². The van der Waals surface area contributed by atoms with Crippen molar-refractivity contribution in [2.24, 2.45) is 0 Å². The molecule has 0 radical (unpaired) electrons. The molecule has 4 rings (SSSR count). The summed E-state index contributed by atoms with van der Waals surface area (Å²) in [6.45, 7) is 8.75. The second-order valence-electron chi connectivity index (χ2n) is 11.4. The molecule has 5 N–H and O–H groups in total. The Hall–Kier alpha value is -4.15. The fourth-order valence-electron chi connectivity index (χ4n) is 4.87. The molecule has 3 aromatic rings. The maximum Gasteiger partial charge on any atom is 0.430 e. The Morgan fingerprint density at radius 2 is 1.82 bits per heavy atom. The SMILES string of the molecule is CC[n+]1c(CNC(=O)c2nc(Cl)c(N)nc2N)n(CCOCCN2CCCCC2=O)c2cc(OCP(C)(C)=O)ccc21.O=C([O-])C(F)(F)F. The van der Waals surface area contributed by atoms with Gasteiger partial charge >= 0.3 is 6.18 Å². The Morgan fingerprint density at radius 1 is 1.14 bits per heavy atom. The van der Waals surface area contributed by atoms with E-state index in [0.29, 0.717) is 45.0 Å². The number of rotatable bonds is 13. The van der Waals surface area contributed by atoms with Gasteiger partial charge in [0.1, 0.15) is 38.3 Å². The van der Waals surface area contributed by atoms with E-state index in [0.717, 1.165) is 36.2 Å². The number of ether oxygens (including phenoxy) is 2. The number of nitrogens with one attached hydrogen (secondary N) is 1. The fraction of sp³-hybridized carbons (Fsp3) is 0.517. The first kappa shape index (κ1) is 39.3. The summed E-state index contributed by atoms with van der Waals surface area (Å²) in [6.07, 6.45) is -2.51. The number of alkyl halides is 3. The first-order valence-electron chi connectivity index (χ1n) is 15.1. The first-order valence-corrected chi connectivity index (χ1v) is 18.3. The van der Waals surface area contributed by atoms with Crippen molar-refractivity contribution in [2.75, 3.05) is 57.4 Å². The van der Waals surface area contributed by atoms with Crippen molar-refractivity contribution in [2.45, 2.75) is 52.0 Å². The van der Waals surface area contributed by atoms with Crippen LogP contribution in [0, 0.1) is 0 Å². The number of halogens is 4. The molecule has 15 nitrogen and oxygen atoms in total. The van der Waals surface area contributed by atoms with Gasteiger partial charge in [0.05, 0.1) is 19.8 Å². The van der Waals surface area contributed by atoms with Gasteiger partial charge in [-0.05, 0) is 45.2 Å². The predicted molar refractivity (Wildman–Crippen MR) is 172 cm³/mol. The molecule has 1 saturated heterocycles. The Bertz CT molecular complexity index is 1720. The van der Waals surface area contributed by atoms with Gasteiger partial charge < -0.3 is 45.6 Å². The van der Waals surface area contributed by atoms with Crippen LogP contribution in [0.1, 0.15) is 42.5 Å². The van der Waals surface area contributed by atoms with Crippen LogP contribution in [0.4, 0.5) is 24.8 Å². The number of imidazole rings is 1. The summed E-state index contributed by atoms with van der Waals surface area (Å²) in [5.74, 6) is -2.16. The van der Waals surface area contributed by atoms with Crippen LogP contribution in [0.5, 0.6) is 5.75 Å². The molecule has 2 aromatic heterocycles. The van der Waals surface area contributed by atoms with E-state index >= 15 is 0 Å². The number of hydrogen-bond donors (Lipinski definition) is 3. The minimum absolute atomic E-state index is 0.0557. The van der Waals surface area contributed by atoms with Gasteiger partial charge in [0.2, 0.25) is 5.91 Å². The van der Waals surface area contributed by atoms with Crippen LogP contribution in [-0.4, -0.2) is 89.4 Å². The number of amides is 2. The third kappa shape index (κ3) is 11.2. The lowest BCUT2D eigenvalue weighted by Gasteiger charge is -2.26. The number of aliphatic carboxylic acids is 1. The van der Waals surface area contributed by atoms with Crippen LogP contribution in [-0.2, 0) is 38.5 Å². The molecule has 0 unspecified atom stereocenters. The third-order valence-corrected chi connectivity index (χ3v) is 8.18. The monoisotopic (exact) mass is 734 g/mol. The molecule has 0 saturated carbocycles. The van der Waals surface area contributed by atoms with Gasteiger partial charge in [-0.2, -0.15) is 13.2 Å². The molecule has 1 fully saturated rings. The minimum atomic E-state index is -5.19. The summed E-state index contributed by atoms with van der Waals surface area (Å²) in [5.41, 5.74) is 13.2. The van der Waals surface area contributed by atoms with E-state index in [9.17, 15) is 27.3 Å². The zero-order valence-electron chi connectivity index (χ0n) is 27.2. The summed E-state index contributed by atoms with van der Waals surface area (Å²) >= 11 is 5.97. The summed E-state index contributed by atoms with van der Waals surface area (Å²) in [4.78, 5) is 43.7. The van der Waals surface area contributed by atoms with E-state index in [1.165, 1.54) is 0 Å². The molecule has 0 aliphatic carbocycles. The zero-order valence-corrected chi connectivity index (χ0v) is 28.9. The molecule has 0 atom stereocenters. The van der Waals surface area contributed by atoms with E-state index < -0.39 is 25.2 Å².